The zero-order chi connectivity index (χ0) is 23.8. The van der Waals surface area contributed by atoms with E-state index in [1.165, 1.54) is 0 Å². The van der Waals surface area contributed by atoms with E-state index in [0.717, 1.165) is 84.3 Å². The number of aromatic nitrogens is 1. The van der Waals surface area contributed by atoms with Crippen LogP contribution in [0.15, 0.2) is 24.3 Å². The fourth-order valence-electron chi connectivity index (χ4n) is 6.17. The maximum absolute atomic E-state index is 13.2. The third-order valence-electron chi connectivity index (χ3n) is 7.58. The molecule has 1 aromatic carbocycles. The third-order valence-corrected chi connectivity index (χ3v) is 9.21. The summed E-state index contributed by atoms with van der Waals surface area (Å²) >= 11 is 2.49. The van der Waals surface area contributed by atoms with E-state index in [4.69, 9.17) is 14.8 Å². The predicted octanol–water partition coefficient (Wildman–Crippen LogP) is 6.70. The highest BCUT2D eigenvalue weighted by molar-refractivity contribution is 14.1. The Bertz CT molecular complexity index is 1080. The normalized spacial score (nSPS) is 30.5. The Hall–Kier alpha value is -1.19. The number of ether oxygens (including phenoxy) is 1. The molecule has 0 saturated heterocycles. The van der Waals surface area contributed by atoms with Gasteiger partial charge in [-0.1, -0.05) is 55.5 Å². The average molecular weight is 572 g/mol. The highest BCUT2D eigenvalue weighted by Gasteiger charge is 2.56. The molecule has 1 aliphatic heterocycles. The van der Waals surface area contributed by atoms with Gasteiger partial charge in [0.15, 0.2) is 6.10 Å². The van der Waals surface area contributed by atoms with E-state index in [1.807, 2.05) is 0 Å². The van der Waals surface area contributed by atoms with Crippen LogP contribution in [0.25, 0.3) is 0 Å². The number of alkyl halides is 4. The molecule has 3 nitrogen and oxygen atoms in total. The van der Waals surface area contributed by atoms with Gasteiger partial charge >= 0.3 is 6.18 Å². The number of aryl methyl sites for hydroxylation is 1. The Morgan fingerprint density at radius 1 is 1.18 bits per heavy atom. The minimum atomic E-state index is -4.37. The van der Waals surface area contributed by atoms with Gasteiger partial charge in [-0.15, -0.1) is 0 Å². The molecule has 33 heavy (non-hydrogen) atoms. The summed E-state index contributed by atoms with van der Waals surface area (Å²) in [4.78, 5) is 5.08. The van der Waals surface area contributed by atoms with Gasteiger partial charge in [0.05, 0.1) is 16.8 Å². The number of fused-ring (bicyclic) bond motifs is 4. The van der Waals surface area contributed by atoms with Crippen molar-refractivity contribution >= 4 is 22.6 Å². The molecule has 5 rings (SSSR count). The van der Waals surface area contributed by atoms with Crippen molar-refractivity contribution in [3.63, 3.8) is 0 Å². The van der Waals surface area contributed by atoms with Gasteiger partial charge in [0.2, 0.25) is 0 Å². The number of rotatable bonds is 2. The molecule has 4 unspecified atom stereocenters. The van der Waals surface area contributed by atoms with E-state index < -0.39 is 23.4 Å². The summed E-state index contributed by atoms with van der Waals surface area (Å²) in [5, 5.41) is 9.06. The van der Waals surface area contributed by atoms with Crippen LogP contribution in [-0.4, -0.2) is 14.0 Å². The maximum atomic E-state index is 13.2. The minimum Gasteiger partial charge on any atom is -0.440 e. The number of nitrogens with zero attached hydrogens (tertiary/aromatic N) is 1. The molecule has 1 aromatic heterocycles. The second-order valence-corrected chi connectivity index (χ2v) is 12.0. The molecule has 1 saturated carbocycles. The molecule has 7 heteroatoms. The minimum absolute atomic E-state index is 0.0184. The fourth-order valence-corrected chi connectivity index (χ4v) is 7.38. The van der Waals surface area contributed by atoms with Gasteiger partial charge in [0.25, 0.3) is 0 Å². The first-order chi connectivity index (χ1) is 15.5. The van der Waals surface area contributed by atoms with Crippen LogP contribution in [0, 0.1) is 5.41 Å². The second-order valence-electron chi connectivity index (χ2n) is 10.5. The summed E-state index contributed by atoms with van der Waals surface area (Å²) in [6, 6.07) is 5.39. The zero-order valence-electron chi connectivity index (χ0n) is 19.2. The van der Waals surface area contributed by atoms with Crippen LogP contribution in [0.5, 0.6) is 0 Å². The summed E-state index contributed by atoms with van der Waals surface area (Å²) in [5.41, 5.74) is 4.76. The van der Waals surface area contributed by atoms with Crippen molar-refractivity contribution in [2.45, 2.75) is 87.2 Å². The quantitative estimate of drug-likeness (QED) is 0.228. The van der Waals surface area contributed by atoms with Crippen molar-refractivity contribution in [2.75, 3.05) is 0 Å². The van der Waals surface area contributed by atoms with Crippen molar-refractivity contribution in [1.29, 1.82) is 0 Å². The fraction of sp³-hybridized carbons (Fsp3) is 0.577. The molecule has 0 amide bonds. The molecular formula is C26H30F3INO2+. The molecule has 178 valence electrons. The summed E-state index contributed by atoms with van der Waals surface area (Å²) in [7, 11) is 0. The first-order valence-electron chi connectivity index (χ1n) is 11.7. The number of benzene rings is 1. The summed E-state index contributed by atoms with van der Waals surface area (Å²) in [5.74, 6) is 0. The average Bonchev–Trinajstić information content (AvgIpc) is 3.27. The van der Waals surface area contributed by atoms with Crippen LogP contribution in [0.2, 0.25) is 0 Å². The standard InChI is InChI=1S/C26H29F3INO2/c1-4-16-21-22(20-17(31-16)12-24(2,3)13-18(20)32)25(11-5-6-19(25)30)33-23(21)14-7-9-15(10-8-14)26(27,28)29/h7-10,18-19,23,32H,4-6,11-13H2,1-3H3/p+1. The lowest BCUT2D eigenvalue weighted by Crippen LogP contribution is -2.35. The van der Waals surface area contributed by atoms with Crippen LogP contribution in [-0.2, 0) is 29.4 Å². The molecule has 2 heterocycles. The van der Waals surface area contributed by atoms with Crippen LogP contribution in [0.3, 0.4) is 0 Å². The van der Waals surface area contributed by atoms with Gasteiger partial charge in [0.1, 0.15) is 11.7 Å². The summed E-state index contributed by atoms with van der Waals surface area (Å²) in [6.07, 6.45) is 0.0952. The molecule has 3 aliphatic rings. The van der Waals surface area contributed by atoms with E-state index in [9.17, 15) is 13.2 Å². The summed E-state index contributed by atoms with van der Waals surface area (Å²) in [6.45, 7) is 6.48. The van der Waals surface area contributed by atoms with Crippen LogP contribution in [0.4, 0.5) is 13.2 Å². The molecule has 0 bridgehead atoms. The van der Waals surface area contributed by atoms with Crippen LogP contribution < -0.4 is 0 Å². The topological polar surface area (TPSA) is 45.0 Å². The number of hydrogen-bond acceptors (Lipinski definition) is 2. The Morgan fingerprint density at radius 3 is 2.45 bits per heavy atom. The van der Waals surface area contributed by atoms with Crippen molar-refractivity contribution in [1.82, 2.24) is 4.98 Å². The Labute approximate surface area is 206 Å². The van der Waals surface area contributed by atoms with Gasteiger partial charge in [-0.2, -0.15) is 13.2 Å². The van der Waals surface area contributed by atoms with E-state index in [2.05, 4.69) is 43.4 Å². The van der Waals surface area contributed by atoms with Gasteiger partial charge < -0.3 is 9.84 Å². The molecular weight excluding hydrogens is 542 g/mol. The smallest absolute Gasteiger partial charge is 0.416 e. The molecule has 4 atom stereocenters. The van der Waals surface area contributed by atoms with Gasteiger partial charge in [0, 0.05) is 27.2 Å². The Balaban J connectivity index is 1.73. The first-order valence-corrected chi connectivity index (χ1v) is 13.0. The molecule has 2 aromatic rings. The lowest BCUT2D eigenvalue weighted by molar-refractivity contribution is -0.137. The molecule has 2 aliphatic carbocycles. The predicted molar refractivity (Wildman–Crippen MR) is 130 cm³/mol. The van der Waals surface area contributed by atoms with Gasteiger partial charge in [-0.3, -0.25) is 4.98 Å². The molecule has 0 radical (unpaired) electrons. The van der Waals surface area contributed by atoms with E-state index in [0.29, 0.717) is 0 Å². The third kappa shape index (κ3) is 3.73. The number of pyridine rings is 1. The number of hydrogen-bond donors (Lipinski definition) is 0. The second kappa shape index (κ2) is 7.92. The first kappa shape index (κ1) is 23.5. The van der Waals surface area contributed by atoms with Crippen molar-refractivity contribution in [3.05, 3.63) is 63.5 Å². The highest BCUT2D eigenvalue weighted by Crippen LogP contribution is 2.60. The van der Waals surface area contributed by atoms with Crippen molar-refractivity contribution in [3.8, 4) is 0 Å². The monoisotopic (exact) mass is 572 g/mol. The molecule has 1 fully saturated rings. The SMILES string of the molecule is CCc1nc2c(c3c1C(c1ccc(C(F)(F)F)cc1)OC31CCCC1I)C([OH2+])CC(C)(C)C2. The van der Waals surface area contributed by atoms with E-state index >= 15 is 0 Å². The van der Waals surface area contributed by atoms with E-state index in [1.54, 1.807) is 12.1 Å². The maximum Gasteiger partial charge on any atom is 0.416 e. The van der Waals surface area contributed by atoms with Crippen LogP contribution >= 0.6 is 22.6 Å². The van der Waals surface area contributed by atoms with Gasteiger partial charge in [-0.05, 0) is 55.2 Å². The lowest BCUT2D eigenvalue weighted by Gasteiger charge is -2.37. The van der Waals surface area contributed by atoms with Crippen molar-refractivity contribution < 1.29 is 23.0 Å². The largest absolute Gasteiger partial charge is 0.440 e. The zero-order valence-corrected chi connectivity index (χ0v) is 21.3. The Morgan fingerprint density at radius 2 is 1.88 bits per heavy atom. The van der Waals surface area contributed by atoms with Crippen LogP contribution in [0.1, 0.15) is 97.9 Å². The summed E-state index contributed by atoms with van der Waals surface area (Å²) < 4.78 is 46.7. The lowest BCUT2D eigenvalue weighted by atomic mass is 9.71. The highest BCUT2D eigenvalue weighted by atomic mass is 127. The van der Waals surface area contributed by atoms with Crippen molar-refractivity contribution in [2.24, 2.45) is 5.41 Å². The molecule has 2 N–H and O–H groups in total. The Kier molecular flexibility index (Phi) is 5.65. The molecule has 1 spiro atoms. The van der Waals surface area contributed by atoms with Gasteiger partial charge in [-0.25, -0.2) is 0 Å². The number of halogens is 4. The van der Waals surface area contributed by atoms with E-state index in [-0.39, 0.29) is 15.4 Å².